The van der Waals surface area contributed by atoms with Gasteiger partial charge in [-0.05, 0) is 60.9 Å². The summed E-state index contributed by atoms with van der Waals surface area (Å²) in [4.78, 5) is 2.95. The number of piperidine rings is 1. The van der Waals surface area contributed by atoms with Crippen molar-refractivity contribution in [2.24, 2.45) is 5.41 Å². The van der Waals surface area contributed by atoms with Crippen LogP contribution in [0, 0.1) is 5.41 Å². The monoisotopic (exact) mass is 426 g/mol. The Hall–Kier alpha value is -1.89. The third-order valence-electron chi connectivity index (χ3n) is 7.36. The van der Waals surface area contributed by atoms with E-state index in [4.69, 9.17) is 4.74 Å². The molecule has 0 amide bonds. The van der Waals surface area contributed by atoms with Gasteiger partial charge < -0.3 is 9.64 Å². The number of hydrogen-bond acceptors (Lipinski definition) is 4. The van der Waals surface area contributed by atoms with Gasteiger partial charge in [-0.1, -0.05) is 30.3 Å². The molecule has 0 radical (unpaired) electrons. The van der Waals surface area contributed by atoms with E-state index in [2.05, 4.69) is 35.2 Å². The van der Waals surface area contributed by atoms with Crippen LogP contribution in [-0.4, -0.2) is 57.5 Å². The molecule has 1 spiro atoms. The highest BCUT2D eigenvalue weighted by molar-refractivity contribution is 7.89. The van der Waals surface area contributed by atoms with E-state index < -0.39 is 10.0 Å². The van der Waals surface area contributed by atoms with Crippen LogP contribution in [0.4, 0.5) is 0 Å². The molecule has 1 saturated carbocycles. The molecule has 30 heavy (non-hydrogen) atoms. The second-order valence-electron chi connectivity index (χ2n) is 9.37. The first-order chi connectivity index (χ1) is 14.4. The number of likely N-dealkylation sites (tertiary alicyclic amines) is 1. The number of sulfonamides is 1. The predicted molar refractivity (Wildman–Crippen MR) is 117 cm³/mol. The fraction of sp³-hybridized carbons (Fsp3) is 0.500. The molecular weight excluding hydrogens is 396 g/mol. The van der Waals surface area contributed by atoms with E-state index in [1.54, 1.807) is 35.7 Å². The Labute approximate surface area is 179 Å². The lowest BCUT2D eigenvalue weighted by Gasteiger charge is -2.54. The number of ether oxygens (including phenoxy) is 1. The zero-order chi connectivity index (χ0) is 20.8. The van der Waals surface area contributed by atoms with Crippen molar-refractivity contribution in [3.05, 3.63) is 60.2 Å². The molecule has 5 nitrogen and oxygen atoms in total. The van der Waals surface area contributed by atoms with Gasteiger partial charge in [0, 0.05) is 38.1 Å². The van der Waals surface area contributed by atoms with Crippen molar-refractivity contribution in [1.82, 2.24) is 9.21 Å². The van der Waals surface area contributed by atoms with E-state index in [9.17, 15) is 8.42 Å². The Morgan fingerprint density at radius 1 is 0.900 bits per heavy atom. The first-order valence-corrected chi connectivity index (χ1v) is 12.3. The number of hydrogen-bond donors (Lipinski definition) is 0. The summed E-state index contributed by atoms with van der Waals surface area (Å²) < 4.78 is 32.8. The quantitative estimate of drug-likeness (QED) is 0.709. The zero-order valence-electron chi connectivity index (χ0n) is 17.6. The maximum Gasteiger partial charge on any atom is 0.243 e. The number of rotatable bonds is 6. The minimum atomic E-state index is -3.43. The Kier molecular flexibility index (Phi) is 4.92. The van der Waals surface area contributed by atoms with Crippen molar-refractivity contribution < 1.29 is 13.2 Å². The fourth-order valence-electron chi connectivity index (χ4n) is 5.34. The average Bonchev–Trinajstić information content (AvgIpc) is 3.54. The second kappa shape index (κ2) is 7.36. The number of nitrogens with zero attached hydrogens (tertiary/aromatic N) is 2. The van der Waals surface area contributed by atoms with Crippen molar-refractivity contribution in [2.45, 2.75) is 36.0 Å². The van der Waals surface area contributed by atoms with Gasteiger partial charge in [0.1, 0.15) is 5.75 Å². The maximum atomic E-state index is 13.0. The Morgan fingerprint density at radius 3 is 2.10 bits per heavy atom. The SMILES string of the molecule is COc1ccc(S(=O)(=O)N2CCC3(CC2)CN(CC2(c4ccccc4)CC2)C3)cc1. The van der Waals surface area contributed by atoms with E-state index >= 15 is 0 Å². The molecule has 3 aliphatic rings. The molecule has 5 rings (SSSR count). The predicted octanol–water partition coefficient (Wildman–Crippen LogP) is 3.51. The van der Waals surface area contributed by atoms with Gasteiger partial charge in [0.05, 0.1) is 12.0 Å². The lowest BCUT2D eigenvalue weighted by molar-refractivity contribution is -0.0390. The topological polar surface area (TPSA) is 49.9 Å². The van der Waals surface area contributed by atoms with Crippen molar-refractivity contribution in [3.63, 3.8) is 0 Å². The summed E-state index contributed by atoms with van der Waals surface area (Å²) in [5.74, 6) is 0.671. The van der Waals surface area contributed by atoms with Gasteiger partial charge in [-0.25, -0.2) is 8.42 Å². The summed E-state index contributed by atoms with van der Waals surface area (Å²) in [7, 11) is -1.84. The van der Waals surface area contributed by atoms with E-state index in [0.717, 1.165) is 32.5 Å². The molecule has 0 N–H and O–H groups in total. The molecule has 0 aromatic heterocycles. The Bertz CT molecular complexity index is 985. The van der Waals surface area contributed by atoms with Crippen molar-refractivity contribution in [2.75, 3.05) is 39.8 Å². The molecule has 160 valence electrons. The molecule has 0 bridgehead atoms. The van der Waals surface area contributed by atoms with Gasteiger partial charge >= 0.3 is 0 Å². The third kappa shape index (κ3) is 3.55. The summed E-state index contributed by atoms with van der Waals surface area (Å²) in [6.07, 6.45) is 4.48. The normalized spacial score (nSPS) is 23.1. The molecule has 2 aliphatic heterocycles. The fourth-order valence-corrected chi connectivity index (χ4v) is 6.78. The standard InChI is InChI=1S/C24H30N2O3S/c1-29-21-7-9-22(10-8-21)30(27,28)26-15-13-23(14-16-26)17-25(18-23)19-24(11-12-24)20-5-3-2-4-6-20/h2-10H,11-19H2,1H3. The summed E-state index contributed by atoms with van der Waals surface area (Å²) in [6.45, 7) is 4.60. The van der Waals surface area contributed by atoms with Crippen LogP contribution in [0.5, 0.6) is 5.75 Å². The lowest BCUT2D eigenvalue weighted by Crippen LogP contribution is -2.61. The lowest BCUT2D eigenvalue weighted by atomic mass is 9.72. The van der Waals surface area contributed by atoms with Crippen LogP contribution >= 0.6 is 0 Å². The highest BCUT2D eigenvalue weighted by atomic mass is 32.2. The van der Waals surface area contributed by atoms with Crippen molar-refractivity contribution in [3.8, 4) is 5.75 Å². The largest absolute Gasteiger partial charge is 0.497 e. The molecule has 3 fully saturated rings. The average molecular weight is 427 g/mol. The van der Waals surface area contributed by atoms with E-state index in [0.29, 0.717) is 34.6 Å². The Morgan fingerprint density at radius 2 is 1.53 bits per heavy atom. The van der Waals surface area contributed by atoms with E-state index in [-0.39, 0.29) is 0 Å². The van der Waals surface area contributed by atoms with Crippen LogP contribution in [0.2, 0.25) is 0 Å². The van der Waals surface area contributed by atoms with Crippen LogP contribution < -0.4 is 4.74 Å². The molecule has 0 unspecified atom stereocenters. The molecule has 0 atom stereocenters. The third-order valence-corrected chi connectivity index (χ3v) is 9.28. The first kappa shape index (κ1) is 20.0. The van der Waals surface area contributed by atoms with Crippen LogP contribution in [-0.2, 0) is 15.4 Å². The zero-order valence-corrected chi connectivity index (χ0v) is 18.4. The van der Waals surface area contributed by atoms with E-state index in [1.807, 2.05) is 0 Å². The molecule has 2 saturated heterocycles. The minimum Gasteiger partial charge on any atom is -0.497 e. The summed E-state index contributed by atoms with van der Waals surface area (Å²) in [5, 5.41) is 0. The Balaban J connectivity index is 1.17. The van der Waals surface area contributed by atoms with Crippen LogP contribution in [0.1, 0.15) is 31.2 Å². The number of benzene rings is 2. The maximum absolute atomic E-state index is 13.0. The highest BCUT2D eigenvalue weighted by Crippen LogP contribution is 2.51. The molecule has 2 aromatic carbocycles. The summed E-state index contributed by atoms with van der Waals surface area (Å²) >= 11 is 0. The summed E-state index contributed by atoms with van der Waals surface area (Å²) in [6, 6.07) is 17.6. The van der Waals surface area contributed by atoms with Crippen molar-refractivity contribution >= 4 is 10.0 Å². The minimum absolute atomic E-state index is 0.304. The summed E-state index contributed by atoms with van der Waals surface area (Å²) in [5.41, 5.74) is 2.14. The molecule has 2 heterocycles. The van der Waals surface area contributed by atoms with Crippen molar-refractivity contribution in [1.29, 1.82) is 0 Å². The van der Waals surface area contributed by atoms with Crippen LogP contribution in [0.15, 0.2) is 59.5 Å². The number of methoxy groups -OCH3 is 1. The van der Waals surface area contributed by atoms with Gasteiger partial charge in [0.15, 0.2) is 0 Å². The van der Waals surface area contributed by atoms with E-state index in [1.165, 1.54) is 18.4 Å². The van der Waals surface area contributed by atoms with Crippen LogP contribution in [0.3, 0.4) is 0 Å². The van der Waals surface area contributed by atoms with Gasteiger partial charge in [-0.15, -0.1) is 0 Å². The second-order valence-corrected chi connectivity index (χ2v) is 11.3. The smallest absolute Gasteiger partial charge is 0.243 e. The highest BCUT2D eigenvalue weighted by Gasteiger charge is 2.52. The van der Waals surface area contributed by atoms with Gasteiger partial charge in [0.25, 0.3) is 0 Å². The van der Waals surface area contributed by atoms with Gasteiger partial charge in [-0.3, -0.25) is 0 Å². The first-order valence-electron chi connectivity index (χ1n) is 10.9. The molecule has 6 heteroatoms. The van der Waals surface area contributed by atoms with Gasteiger partial charge in [0.2, 0.25) is 10.0 Å². The van der Waals surface area contributed by atoms with Gasteiger partial charge in [-0.2, -0.15) is 4.31 Å². The molecular formula is C24H30N2O3S. The van der Waals surface area contributed by atoms with Crippen LogP contribution in [0.25, 0.3) is 0 Å². The molecule has 1 aliphatic carbocycles. The molecule has 2 aromatic rings.